The number of ether oxygens (including phenoxy) is 1. The molecule has 0 bridgehead atoms. The molecule has 0 aliphatic carbocycles. The predicted molar refractivity (Wildman–Crippen MR) is 79.9 cm³/mol. The number of aliphatic hydroxyl groups is 1. The maximum absolute atomic E-state index is 13.8. The molecular weight excluding hydrogens is 352 g/mol. The summed E-state index contributed by atoms with van der Waals surface area (Å²) in [7, 11) is 0. The molecule has 1 heterocycles. The van der Waals surface area contributed by atoms with Crippen LogP contribution >= 0.6 is 0 Å². The van der Waals surface area contributed by atoms with Gasteiger partial charge in [-0.2, -0.15) is 13.2 Å². The molecule has 2 rings (SSSR count). The molecule has 1 aliphatic rings. The lowest BCUT2D eigenvalue weighted by Crippen LogP contribution is -2.52. The molecule has 0 saturated heterocycles. The van der Waals surface area contributed by atoms with Gasteiger partial charge in [0.15, 0.2) is 16.7 Å². The lowest BCUT2D eigenvalue weighted by atomic mass is 9.74. The van der Waals surface area contributed by atoms with E-state index in [9.17, 15) is 26.9 Å². The van der Waals surface area contributed by atoms with Crippen molar-refractivity contribution in [3.8, 4) is 5.75 Å². The zero-order chi connectivity index (χ0) is 18.3. The van der Waals surface area contributed by atoms with Gasteiger partial charge in [0.25, 0.3) is 0 Å². The number of hydrogen-bond acceptors (Lipinski definition) is 3. The fraction of sp³-hybridized carbons (Fsp3) is 0.600. The normalized spacial score (nSPS) is 18.7. The van der Waals surface area contributed by atoms with E-state index in [0.717, 1.165) is 6.07 Å². The second-order valence-corrected chi connectivity index (χ2v) is 7.53. The van der Waals surface area contributed by atoms with Crippen molar-refractivity contribution >= 4 is 11.1 Å². The molecule has 9 heteroatoms. The van der Waals surface area contributed by atoms with Gasteiger partial charge in [-0.3, -0.25) is 0 Å². The van der Waals surface area contributed by atoms with Gasteiger partial charge in [-0.25, -0.2) is 8.60 Å². The number of hydrogen-bond donors (Lipinski definition) is 2. The predicted octanol–water partition coefficient (Wildman–Crippen LogP) is 2.94. The van der Waals surface area contributed by atoms with Gasteiger partial charge >= 0.3 is 6.18 Å². The van der Waals surface area contributed by atoms with Gasteiger partial charge in [-0.15, -0.1) is 0 Å². The largest absolute Gasteiger partial charge is 0.493 e. The summed E-state index contributed by atoms with van der Waals surface area (Å²) >= 11 is -2.85. The van der Waals surface area contributed by atoms with Gasteiger partial charge in [0, 0.05) is 17.5 Å². The maximum Gasteiger partial charge on any atom is 0.418 e. The molecule has 2 N–H and O–H groups in total. The van der Waals surface area contributed by atoms with Crippen LogP contribution in [0.1, 0.15) is 31.4 Å². The van der Waals surface area contributed by atoms with Crippen LogP contribution in [0.15, 0.2) is 12.1 Å². The van der Waals surface area contributed by atoms with Gasteiger partial charge in [-0.05, 0) is 24.0 Å². The number of rotatable bonds is 5. The second-order valence-electron chi connectivity index (χ2n) is 6.60. The average molecular weight is 370 g/mol. The Morgan fingerprint density at radius 3 is 2.46 bits per heavy atom. The fourth-order valence-electron chi connectivity index (χ4n) is 3.04. The Morgan fingerprint density at radius 1 is 1.29 bits per heavy atom. The molecule has 2 atom stereocenters. The zero-order valence-corrected chi connectivity index (χ0v) is 13.9. The minimum Gasteiger partial charge on any atom is -0.493 e. The Kier molecular flexibility index (Phi) is 5.00. The highest BCUT2D eigenvalue weighted by atomic mass is 32.2. The summed E-state index contributed by atoms with van der Waals surface area (Å²) in [4.78, 5) is 0. The van der Waals surface area contributed by atoms with Gasteiger partial charge < -0.3 is 14.4 Å². The monoisotopic (exact) mass is 370 g/mol. The molecule has 0 amide bonds. The Hall–Kier alpha value is -1.19. The average Bonchev–Trinajstić information content (AvgIpc) is 2.82. The van der Waals surface area contributed by atoms with E-state index in [0.29, 0.717) is 24.3 Å². The lowest BCUT2D eigenvalue weighted by Gasteiger charge is -2.37. The van der Waals surface area contributed by atoms with Gasteiger partial charge in [-0.1, -0.05) is 13.8 Å². The van der Waals surface area contributed by atoms with Crippen LogP contribution in [0.4, 0.5) is 17.6 Å². The highest BCUT2D eigenvalue weighted by Crippen LogP contribution is 2.45. The molecular formula is C15H18F4O4S. The van der Waals surface area contributed by atoms with Crippen LogP contribution in [-0.4, -0.2) is 38.0 Å². The molecule has 1 aromatic carbocycles. The minimum absolute atomic E-state index is 0.196. The van der Waals surface area contributed by atoms with Crippen LogP contribution in [0.2, 0.25) is 0 Å². The number of alkyl halides is 3. The van der Waals surface area contributed by atoms with Crippen LogP contribution in [0, 0.1) is 5.82 Å². The van der Waals surface area contributed by atoms with E-state index in [4.69, 9.17) is 9.29 Å². The lowest BCUT2D eigenvalue weighted by molar-refractivity contribution is -0.257. The smallest absolute Gasteiger partial charge is 0.418 e. The summed E-state index contributed by atoms with van der Waals surface area (Å²) in [6, 6.07) is 2.34. The number of halogens is 4. The van der Waals surface area contributed by atoms with Gasteiger partial charge in [0.2, 0.25) is 0 Å². The summed E-state index contributed by atoms with van der Waals surface area (Å²) in [5.74, 6) is -1.67. The third-order valence-electron chi connectivity index (χ3n) is 4.10. The summed E-state index contributed by atoms with van der Waals surface area (Å²) < 4.78 is 78.7. The summed E-state index contributed by atoms with van der Waals surface area (Å²) in [5.41, 5.74) is -3.98. The summed E-state index contributed by atoms with van der Waals surface area (Å²) in [6.07, 6.45) is -5.57. The Balaban J connectivity index is 2.45. The summed E-state index contributed by atoms with van der Waals surface area (Å²) in [5, 5.41) is 10.0. The van der Waals surface area contributed by atoms with E-state index in [2.05, 4.69) is 0 Å². The molecule has 0 saturated carbocycles. The molecule has 1 aromatic rings. The molecule has 136 valence electrons. The van der Waals surface area contributed by atoms with E-state index < -0.39 is 46.3 Å². The van der Waals surface area contributed by atoms with Crippen LogP contribution in [0.3, 0.4) is 0 Å². The molecule has 24 heavy (non-hydrogen) atoms. The van der Waals surface area contributed by atoms with Crippen molar-refractivity contribution in [1.29, 1.82) is 0 Å². The van der Waals surface area contributed by atoms with Crippen molar-refractivity contribution in [1.82, 2.24) is 0 Å². The quantitative estimate of drug-likeness (QED) is 0.618. The first kappa shape index (κ1) is 19.1. The molecule has 0 spiro atoms. The second kappa shape index (κ2) is 6.27. The maximum atomic E-state index is 13.8. The van der Waals surface area contributed by atoms with E-state index in [-0.39, 0.29) is 5.56 Å². The van der Waals surface area contributed by atoms with Crippen LogP contribution in [0.5, 0.6) is 5.75 Å². The van der Waals surface area contributed by atoms with Crippen molar-refractivity contribution < 1.29 is 36.2 Å². The van der Waals surface area contributed by atoms with Crippen LogP contribution in [0.25, 0.3) is 0 Å². The SMILES string of the molecule is CC(C)(C[C@@](O)(CS(=O)O)C(F)(F)F)c1cc(F)cc2c1OCC2. The van der Waals surface area contributed by atoms with Crippen molar-refractivity contribution in [3.05, 3.63) is 29.1 Å². The van der Waals surface area contributed by atoms with E-state index in [1.54, 1.807) is 0 Å². The molecule has 0 fully saturated rings. The van der Waals surface area contributed by atoms with Crippen molar-refractivity contribution in [2.24, 2.45) is 0 Å². The van der Waals surface area contributed by atoms with E-state index >= 15 is 0 Å². The first-order valence-electron chi connectivity index (χ1n) is 7.18. The number of fused-ring (bicyclic) bond motifs is 1. The molecule has 0 aromatic heterocycles. The van der Waals surface area contributed by atoms with Crippen molar-refractivity contribution in [2.45, 2.75) is 43.9 Å². The Bertz CT molecular complexity index is 660. The third-order valence-corrected chi connectivity index (χ3v) is 4.83. The highest BCUT2D eigenvalue weighted by molar-refractivity contribution is 7.79. The molecule has 1 unspecified atom stereocenters. The standard InChI is InChI=1S/C15H18F4O4S/c1-13(2,7-14(20,8-24(21)22)15(17,18)19)11-6-10(16)5-9-3-4-23-12(9)11/h5-6,20H,3-4,7-8H2,1-2H3,(H,21,22)/t14-/m1/s1. The Labute approximate surface area is 139 Å². The number of benzene rings is 1. The minimum atomic E-state index is -5.11. The molecule has 0 radical (unpaired) electrons. The van der Waals surface area contributed by atoms with Crippen LogP contribution in [-0.2, 0) is 22.9 Å². The first-order chi connectivity index (χ1) is 10.9. The zero-order valence-electron chi connectivity index (χ0n) is 13.1. The van der Waals surface area contributed by atoms with E-state index in [1.807, 2.05) is 0 Å². The van der Waals surface area contributed by atoms with Crippen molar-refractivity contribution in [2.75, 3.05) is 12.4 Å². The van der Waals surface area contributed by atoms with Crippen LogP contribution < -0.4 is 4.74 Å². The fourth-order valence-corrected chi connectivity index (χ4v) is 3.71. The molecule has 1 aliphatic heterocycles. The van der Waals surface area contributed by atoms with E-state index in [1.165, 1.54) is 19.9 Å². The third kappa shape index (κ3) is 3.73. The molecule has 4 nitrogen and oxygen atoms in total. The van der Waals surface area contributed by atoms with Gasteiger partial charge in [0.05, 0.1) is 12.4 Å². The summed E-state index contributed by atoms with van der Waals surface area (Å²) in [6.45, 7) is 3.10. The topological polar surface area (TPSA) is 66.8 Å². The van der Waals surface area contributed by atoms with Crippen molar-refractivity contribution in [3.63, 3.8) is 0 Å². The van der Waals surface area contributed by atoms with Gasteiger partial charge in [0.1, 0.15) is 11.6 Å². The Morgan fingerprint density at radius 2 is 1.92 bits per heavy atom. The highest BCUT2D eigenvalue weighted by Gasteiger charge is 2.57. The first-order valence-corrected chi connectivity index (χ1v) is 8.45.